The Kier molecular flexibility index (Phi) is 5.59. The van der Waals surface area contributed by atoms with E-state index in [1.165, 1.54) is 12.3 Å². The summed E-state index contributed by atoms with van der Waals surface area (Å²) >= 11 is 0. The largest absolute Gasteiger partial charge is 0.505 e. The smallest absolute Gasteiger partial charge is 0.278 e. The molecule has 3 heterocycles. The molecule has 0 atom stereocenters. The number of aromatic hydroxyl groups is 1. The minimum atomic E-state index is -0.480. The molecule has 9 heteroatoms. The molecule has 1 aliphatic rings. The zero-order valence-corrected chi connectivity index (χ0v) is 16.2. The molecule has 2 aromatic heterocycles. The average Bonchev–Trinajstić information content (AvgIpc) is 3.04. The van der Waals surface area contributed by atoms with E-state index in [1.807, 2.05) is 19.2 Å². The van der Waals surface area contributed by atoms with E-state index in [1.54, 1.807) is 16.8 Å². The van der Waals surface area contributed by atoms with Crippen molar-refractivity contribution in [2.45, 2.75) is 0 Å². The second kappa shape index (κ2) is 8.46. The number of fused-ring (bicyclic) bond motifs is 1. The summed E-state index contributed by atoms with van der Waals surface area (Å²) in [7, 11) is 1.83. The fourth-order valence-corrected chi connectivity index (χ4v) is 3.27. The van der Waals surface area contributed by atoms with Crippen LogP contribution in [0.3, 0.4) is 0 Å². The van der Waals surface area contributed by atoms with Crippen molar-refractivity contribution in [2.75, 3.05) is 44.8 Å². The van der Waals surface area contributed by atoms with E-state index in [4.69, 9.17) is 9.47 Å². The van der Waals surface area contributed by atoms with Crippen LogP contribution < -0.4 is 10.1 Å². The van der Waals surface area contributed by atoms with Crippen LogP contribution in [-0.4, -0.2) is 70.1 Å². The van der Waals surface area contributed by atoms with Crippen molar-refractivity contribution in [2.24, 2.45) is 7.05 Å². The molecule has 1 saturated heterocycles. The molecule has 152 valence electrons. The van der Waals surface area contributed by atoms with Crippen molar-refractivity contribution in [1.29, 1.82) is 0 Å². The SMILES string of the molecule is Cn1nc(OCCN2CCOCC2)c2ccc(NC(=O)c3ncccc3O)cc21. The lowest BCUT2D eigenvalue weighted by atomic mass is 10.2. The molecule has 29 heavy (non-hydrogen) atoms. The number of pyridine rings is 1. The molecule has 1 aliphatic heterocycles. The number of nitrogens with zero attached hydrogens (tertiary/aromatic N) is 4. The number of aromatic nitrogens is 3. The number of aryl methyl sites for hydroxylation is 1. The number of anilines is 1. The molecule has 0 unspecified atom stereocenters. The van der Waals surface area contributed by atoms with Crippen molar-refractivity contribution >= 4 is 22.5 Å². The van der Waals surface area contributed by atoms with Crippen LogP contribution in [0.25, 0.3) is 10.9 Å². The second-order valence-corrected chi connectivity index (χ2v) is 6.79. The van der Waals surface area contributed by atoms with E-state index in [9.17, 15) is 9.90 Å². The molecule has 0 radical (unpaired) electrons. The highest BCUT2D eigenvalue weighted by Gasteiger charge is 2.16. The molecule has 0 saturated carbocycles. The summed E-state index contributed by atoms with van der Waals surface area (Å²) in [5.74, 6) is -0.0785. The standard InChI is InChI=1S/C20H23N5O4/c1-24-16-13-14(22-19(27)18-17(26)3-2-6-21-18)4-5-15(16)20(23-24)29-12-9-25-7-10-28-11-8-25/h2-6,13,26H,7-12H2,1H3,(H,22,27). The lowest BCUT2D eigenvalue weighted by molar-refractivity contribution is 0.0320. The zero-order chi connectivity index (χ0) is 20.2. The zero-order valence-electron chi connectivity index (χ0n) is 16.2. The van der Waals surface area contributed by atoms with Gasteiger partial charge in [-0.25, -0.2) is 4.98 Å². The Morgan fingerprint density at radius 2 is 2.14 bits per heavy atom. The van der Waals surface area contributed by atoms with Crippen LogP contribution in [0.4, 0.5) is 5.69 Å². The Bertz CT molecular complexity index is 1010. The van der Waals surface area contributed by atoms with Crippen molar-refractivity contribution in [3.63, 3.8) is 0 Å². The number of morpholine rings is 1. The highest BCUT2D eigenvalue weighted by atomic mass is 16.5. The van der Waals surface area contributed by atoms with E-state index >= 15 is 0 Å². The molecule has 2 N–H and O–H groups in total. The van der Waals surface area contributed by atoms with Crippen LogP contribution in [0.5, 0.6) is 11.6 Å². The second-order valence-electron chi connectivity index (χ2n) is 6.79. The third kappa shape index (κ3) is 4.30. The van der Waals surface area contributed by atoms with E-state index < -0.39 is 5.91 Å². The lowest BCUT2D eigenvalue weighted by Crippen LogP contribution is -2.38. The third-order valence-electron chi connectivity index (χ3n) is 4.83. The van der Waals surface area contributed by atoms with Gasteiger partial charge in [-0.2, -0.15) is 0 Å². The number of hydrogen-bond donors (Lipinski definition) is 2. The summed E-state index contributed by atoms with van der Waals surface area (Å²) in [5, 5.41) is 17.9. The molecule has 9 nitrogen and oxygen atoms in total. The number of carbonyl (C=O) groups excluding carboxylic acids is 1. The molecule has 1 amide bonds. The van der Waals surface area contributed by atoms with Crippen molar-refractivity contribution in [3.05, 3.63) is 42.2 Å². The molecule has 1 aromatic carbocycles. The Labute approximate surface area is 167 Å². The number of amides is 1. The topological polar surface area (TPSA) is 102 Å². The molecular formula is C20H23N5O4. The maximum absolute atomic E-state index is 12.4. The minimum Gasteiger partial charge on any atom is -0.505 e. The van der Waals surface area contributed by atoms with Crippen LogP contribution in [-0.2, 0) is 11.8 Å². The minimum absolute atomic E-state index is 0.0234. The first-order valence-corrected chi connectivity index (χ1v) is 9.47. The van der Waals surface area contributed by atoms with Crippen molar-refractivity contribution in [3.8, 4) is 11.6 Å². The third-order valence-corrected chi connectivity index (χ3v) is 4.83. The summed E-state index contributed by atoms with van der Waals surface area (Å²) in [6.07, 6.45) is 1.46. The molecule has 4 rings (SSSR count). The van der Waals surface area contributed by atoms with Gasteiger partial charge in [0.15, 0.2) is 5.69 Å². The molecule has 3 aromatic rings. The number of hydrogen-bond acceptors (Lipinski definition) is 7. The summed E-state index contributed by atoms with van der Waals surface area (Å²) < 4.78 is 13.0. The maximum Gasteiger partial charge on any atom is 0.278 e. The lowest BCUT2D eigenvalue weighted by Gasteiger charge is -2.26. The normalized spacial score (nSPS) is 14.8. The monoisotopic (exact) mass is 397 g/mol. The van der Waals surface area contributed by atoms with E-state index in [2.05, 4.69) is 20.3 Å². The van der Waals surface area contributed by atoms with Crippen molar-refractivity contribution < 1.29 is 19.4 Å². The summed E-state index contributed by atoms with van der Waals surface area (Å²) in [5.41, 5.74) is 1.38. The molecule has 1 fully saturated rings. The van der Waals surface area contributed by atoms with Gasteiger partial charge in [-0.15, -0.1) is 5.10 Å². The van der Waals surface area contributed by atoms with Gasteiger partial charge in [0, 0.05) is 38.6 Å². The number of benzene rings is 1. The summed E-state index contributed by atoms with van der Waals surface area (Å²) in [6.45, 7) is 4.73. The van der Waals surface area contributed by atoms with Crippen molar-refractivity contribution in [1.82, 2.24) is 19.7 Å². The van der Waals surface area contributed by atoms with Gasteiger partial charge >= 0.3 is 0 Å². The summed E-state index contributed by atoms with van der Waals surface area (Å²) in [4.78, 5) is 18.6. The Morgan fingerprint density at radius 1 is 1.31 bits per heavy atom. The number of carbonyl (C=O) groups is 1. The van der Waals surface area contributed by atoms with E-state index in [0.29, 0.717) is 18.2 Å². The van der Waals surface area contributed by atoms with Gasteiger partial charge in [0.2, 0.25) is 5.88 Å². The highest BCUT2D eigenvalue weighted by Crippen LogP contribution is 2.27. The van der Waals surface area contributed by atoms with Gasteiger partial charge in [0.25, 0.3) is 5.91 Å². The number of ether oxygens (including phenoxy) is 2. The van der Waals surface area contributed by atoms with E-state index in [0.717, 1.165) is 43.8 Å². The van der Waals surface area contributed by atoms with E-state index in [-0.39, 0.29) is 11.4 Å². The van der Waals surface area contributed by atoms with Gasteiger partial charge in [0.1, 0.15) is 12.4 Å². The van der Waals surface area contributed by atoms with Crippen LogP contribution in [0.15, 0.2) is 36.5 Å². The van der Waals surface area contributed by atoms with Gasteiger partial charge in [0.05, 0.1) is 24.1 Å². The Morgan fingerprint density at radius 3 is 2.93 bits per heavy atom. The average molecular weight is 397 g/mol. The Hall–Kier alpha value is -3.17. The van der Waals surface area contributed by atoms with Gasteiger partial charge in [-0.05, 0) is 30.3 Å². The first-order valence-electron chi connectivity index (χ1n) is 9.47. The van der Waals surface area contributed by atoms with Crippen LogP contribution >= 0.6 is 0 Å². The van der Waals surface area contributed by atoms with Gasteiger partial charge in [-0.3, -0.25) is 14.4 Å². The predicted octanol–water partition coefficient (Wildman–Crippen LogP) is 1.64. The van der Waals surface area contributed by atoms with Crippen LogP contribution in [0.2, 0.25) is 0 Å². The Balaban J connectivity index is 1.45. The van der Waals surface area contributed by atoms with Crippen LogP contribution in [0, 0.1) is 0 Å². The highest BCUT2D eigenvalue weighted by molar-refractivity contribution is 6.05. The van der Waals surface area contributed by atoms with Crippen LogP contribution in [0.1, 0.15) is 10.5 Å². The molecule has 0 bridgehead atoms. The number of rotatable bonds is 6. The first kappa shape index (κ1) is 19.2. The molecule has 0 spiro atoms. The predicted molar refractivity (Wildman–Crippen MR) is 107 cm³/mol. The molecule has 0 aliphatic carbocycles. The quantitative estimate of drug-likeness (QED) is 0.652. The fourth-order valence-electron chi connectivity index (χ4n) is 3.27. The first-order chi connectivity index (χ1) is 14.1. The van der Waals surface area contributed by atoms with Gasteiger partial charge < -0.3 is 19.9 Å². The van der Waals surface area contributed by atoms with Gasteiger partial charge in [-0.1, -0.05) is 0 Å². The molecular weight excluding hydrogens is 374 g/mol. The number of nitrogens with one attached hydrogen (secondary N) is 1. The maximum atomic E-state index is 12.4. The summed E-state index contributed by atoms with van der Waals surface area (Å²) in [6, 6.07) is 8.44. The fraction of sp³-hybridized carbons (Fsp3) is 0.350.